The Morgan fingerprint density at radius 2 is 1.84 bits per heavy atom. The van der Waals surface area contributed by atoms with Gasteiger partial charge >= 0.3 is 0 Å². The molecule has 0 unspecified atom stereocenters. The summed E-state index contributed by atoms with van der Waals surface area (Å²) in [5.41, 5.74) is 1.75. The highest BCUT2D eigenvalue weighted by atomic mass is 35.5. The second-order valence-electron chi connectivity index (χ2n) is 7.00. The molecule has 0 aromatic heterocycles. The number of carbonyl (C=O) groups excluding carboxylic acids is 2. The first-order valence-corrected chi connectivity index (χ1v) is 12.2. The minimum Gasteiger partial charge on any atom is -0.362 e. The smallest absolute Gasteiger partial charge is 0.253 e. The van der Waals surface area contributed by atoms with E-state index in [1.165, 1.54) is 23.1 Å². The Bertz CT molecular complexity index is 1140. The van der Waals surface area contributed by atoms with E-state index in [-0.39, 0.29) is 34.7 Å². The summed E-state index contributed by atoms with van der Waals surface area (Å²) in [5.74, 6) is -0.862. The lowest BCUT2D eigenvalue weighted by Crippen LogP contribution is -2.38. The van der Waals surface area contributed by atoms with E-state index in [2.05, 4.69) is 5.32 Å². The third-order valence-corrected chi connectivity index (χ3v) is 6.54. The van der Waals surface area contributed by atoms with Gasteiger partial charge in [0.25, 0.3) is 5.91 Å². The lowest BCUT2D eigenvalue weighted by Gasteiger charge is -2.30. The molecule has 1 N–H and O–H groups in total. The molecule has 2 amide bonds. The van der Waals surface area contributed by atoms with Gasteiger partial charge in [-0.2, -0.15) is 0 Å². The van der Waals surface area contributed by atoms with Crippen LogP contribution in [0.15, 0.2) is 35.2 Å². The van der Waals surface area contributed by atoms with Crippen LogP contribution in [-0.4, -0.2) is 46.2 Å². The van der Waals surface area contributed by atoms with Gasteiger partial charge in [-0.25, -0.2) is 8.42 Å². The van der Waals surface area contributed by atoms with Crippen LogP contribution in [0.1, 0.15) is 12.0 Å². The molecule has 0 bridgehead atoms. The predicted octanol–water partition coefficient (Wildman–Crippen LogP) is 3.98. The number of amides is 2. The number of fused-ring (bicyclic) bond motifs is 1. The molecule has 2 aromatic rings. The Hall–Kier alpha value is -1.84. The Kier molecular flexibility index (Phi) is 7.49. The van der Waals surface area contributed by atoms with Gasteiger partial charge < -0.3 is 15.0 Å². The van der Waals surface area contributed by atoms with Gasteiger partial charge in [0.15, 0.2) is 9.84 Å². The maximum atomic E-state index is 12.6. The highest BCUT2D eigenvalue weighted by Gasteiger charge is 2.25. The van der Waals surface area contributed by atoms with Crippen molar-refractivity contribution in [1.29, 1.82) is 0 Å². The molecule has 0 fully saturated rings. The fourth-order valence-electron chi connectivity index (χ4n) is 3.22. The van der Waals surface area contributed by atoms with Crippen LogP contribution in [0.5, 0.6) is 0 Å². The normalized spacial score (nSPS) is 13.6. The number of anilines is 2. The summed E-state index contributed by atoms with van der Waals surface area (Å²) in [7, 11) is -3.41. The Morgan fingerprint density at radius 1 is 1.10 bits per heavy atom. The van der Waals surface area contributed by atoms with Gasteiger partial charge in [-0.15, -0.1) is 0 Å². The lowest BCUT2D eigenvalue weighted by molar-refractivity contribution is -0.127. The second-order valence-corrected chi connectivity index (χ2v) is 10.3. The summed E-state index contributed by atoms with van der Waals surface area (Å²) < 4.78 is 28.4. The number of ether oxygens (including phenoxy) is 1. The zero-order chi connectivity index (χ0) is 22.8. The summed E-state index contributed by atoms with van der Waals surface area (Å²) in [5, 5.41) is 3.49. The highest BCUT2D eigenvalue weighted by Crippen LogP contribution is 2.37. The molecule has 0 saturated carbocycles. The number of benzene rings is 2. The van der Waals surface area contributed by atoms with E-state index < -0.39 is 15.7 Å². The highest BCUT2D eigenvalue weighted by molar-refractivity contribution is 7.90. The number of hydrogen-bond donors (Lipinski definition) is 1. The fourth-order valence-corrected chi connectivity index (χ4v) is 4.80. The molecule has 31 heavy (non-hydrogen) atoms. The Balaban J connectivity index is 1.57. The molecule has 7 nitrogen and oxygen atoms in total. The first kappa shape index (κ1) is 23.8. The van der Waals surface area contributed by atoms with Crippen LogP contribution in [0.4, 0.5) is 11.4 Å². The number of hydrogen-bond acceptors (Lipinski definition) is 5. The molecule has 166 valence electrons. The number of aryl methyl sites for hydroxylation is 1. The zero-order valence-electron chi connectivity index (χ0n) is 16.5. The van der Waals surface area contributed by atoms with Crippen LogP contribution in [0, 0.1) is 0 Å². The minimum atomic E-state index is -3.41. The molecule has 3 rings (SSSR count). The molecular formula is C20H19Cl3N2O5S. The number of carbonyl (C=O) groups is 2. The number of sulfone groups is 1. The first-order chi connectivity index (χ1) is 14.6. The quantitative estimate of drug-likeness (QED) is 0.641. The zero-order valence-corrected chi connectivity index (χ0v) is 19.5. The van der Waals surface area contributed by atoms with E-state index in [1.807, 2.05) is 0 Å². The topological polar surface area (TPSA) is 92.8 Å². The second kappa shape index (κ2) is 9.75. The van der Waals surface area contributed by atoms with Crippen molar-refractivity contribution >= 4 is 67.8 Å². The molecular weight excluding hydrogens is 487 g/mol. The standard InChI is InChI=1S/C20H19Cl3N2O5S/c1-31(28,29)14-4-5-17(15(22)9-14)24-18(26)10-30-11-19(27)25-6-2-3-12-7-13(21)8-16(23)20(12)25/h4-5,7-9H,2-3,6,10-11H2,1H3,(H,24,26). The molecule has 0 aliphatic carbocycles. The van der Waals surface area contributed by atoms with Gasteiger partial charge in [0.1, 0.15) is 13.2 Å². The van der Waals surface area contributed by atoms with Crippen molar-refractivity contribution in [2.24, 2.45) is 0 Å². The van der Waals surface area contributed by atoms with Crippen molar-refractivity contribution in [2.75, 3.05) is 36.2 Å². The van der Waals surface area contributed by atoms with Crippen LogP contribution in [0.25, 0.3) is 0 Å². The van der Waals surface area contributed by atoms with Gasteiger partial charge in [-0.05, 0) is 48.7 Å². The summed E-state index contributed by atoms with van der Waals surface area (Å²) in [6.07, 6.45) is 2.59. The summed E-state index contributed by atoms with van der Waals surface area (Å²) in [6.45, 7) is -0.206. The van der Waals surface area contributed by atoms with Crippen molar-refractivity contribution < 1.29 is 22.7 Å². The van der Waals surface area contributed by atoms with Crippen molar-refractivity contribution in [2.45, 2.75) is 17.7 Å². The summed E-state index contributed by atoms with van der Waals surface area (Å²) in [4.78, 5) is 26.3. The van der Waals surface area contributed by atoms with Crippen LogP contribution in [-0.2, 0) is 30.6 Å². The molecule has 0 saturated heterocycles. The summed E-state index contributed by atoms with van der Waals surface area (Å²) in [6, 6.07) is 7.35. The third-order valence-electron chi connectivity index (χ3n) is 4.61. The molecule has 1 aliphatic heterocycles. The van der Waals surface area contributed by atoms with Gasteiger partial charge in [0.2, 0.25) is 5.91 Å². The molecule has 1 heterocycles. The average molecular weight is 506 g/mol. The van der Waals surface area contributed by atoms with E-state index in [9.17, 15) is 18.0 Å². The number of nitrogens with one attached hydrogen (secondary N) is 1. The molecule has 2 aromatic carbocycles. The monoisotopic (exact) mass is 504 g/mol. The average Bonchev–Trinajstić information content (AvgIpc) is 2.67. The van der Waals surface area contributed by atoms with E-state index in [0.29, 0.717) is 22.3 Å². The van der Waals surface area contributed by atoms with Crippen LogP contribution >= 0.6 is 34.8 Å². The largest absolute Gasteiger partial charge is 0.362 e. The van der Waals surface area contributed by atoms with Crippen LogP contribution in [0.2, 0.25) is 15.1 Å². The van der Waals surface area contributed by atoms with E-state index in [1.54, 1.807) is 12.1 Å². The fraction of sp³-hybridized carbons (Fsp3) is 0.300. The van der Waals surface area contributed by atoms with Crippen molar-refractivity contribution in [3.8, 4) is 0 Å². The molecule has 1 aliphatic rings. The van der Waals surface area contributed by atoms with E-state index in [0.717, 1.165) is 24.7 Å². The maximum absolute atomic E-state index is 12.6. The van der Waals surface area contributed by atoms with Gasteiger partial charge in [0.05, 0.1) is 26.3 Å². The van der Waals surface area contributed by atoms with E-state index >= 15 is 0 Å². The maximum Gasteiger partial charge on any atom is 0.253 e. The molecule has 0 spiro atoms. The molecule has 0 radical (unpaired) electrons. The van der Waals surface area contributed by atoms with Crippen LogP contribution < -0.4 is 10.2 Å². The van der Waals surface area contributed by atoms with Crippen molar-refractivity contribution in [1.82, 2.24) is 0 Å². The van der Waals surface area contributed by atoms with Crippen molar-refractivity contribution in [3.63, 3.8) is 0 Å². The third kappa shape index (κ3) is 5.90. The van der Waals surface area contributed by atoms with Crippen molar-refractivity contribution in [3.05, 3.63) is 51.0 Å². The lowest BCUT2D eigenvalue weighted by atomic mass is 10.0. The summed E-state index contributed by atoms with van der Waals surface area (Å²) >= 11 is 18.4. The van der Waals surface area contributed by atoms with Crippen LogP contribution in [0.3, 0.4) is 0 Å². The predicted molar refractivity (Wildman–Crippen MR) is 121 cm³/mol. The first-order valence-electron chi connectivity index (χ1n) is 9.22. The van der Waals surface area contributed by atoms with Gasteiger partial charge in [0, 0.05) is 17.8 Å². The molecule has 11 heteroatoms. The Morgan fingerprint density at radius 3 is 2.52 bits per heavy atom. The number of halogens is 3. The van der Waals surface area contributed by atoms with Gasteiger partial charge in [-0.1, -0.05) is 34.8 Å². The van der Waals surface area contributed by atoms with Gasteiger partial charge in [-0.3, -0.25) is 9.59 Å². The van der Waals surface area contributed by atoms with E-state index in [4.69, 9.17) is 39.5 Å². The number of rotatable bonds is 6. The Labute approximate surface area is 195 Å². The minimum absolute atomic E-state index is 0.0408. The SMILES string of the molecule is CS(=O)(=O)c1ccc(NC(=O)COCC(=O)N2CCCc3cc(Cl)cc(Cl)c32)c(Cl)c1. The molecule has 0 atom stereocenters. The number of nitrogens with zero attached hydrogens (tertiary/aromatic N) is 1.